The topological polar surface area (TPSA) is 38.1 Å². The van der Waals surface area contributed by atoms with Crippen LogP contribution < -0.4 is 0 Å². The number of para-hydroxylation sites is 1. The summed E-state index contributed by atoms with van der Waals surface area (Å²) in [5.41, 5.74) is 4.26. The lowest BCUT2D eigenvalue weighted by atomic mass is 9.84. The summed E-state index contributed by atoms with van der Waals surface area (Å²) in [6.07, 6.45) is 5.69. The van der Waals surface area contributed by atoms with Gasteiger partial charge in [0.2, 0.25) is 5.91 Å². The molecule has 4 heteroatoms. The second kappa shape index (κ2) is 7.18. The summed E-state index contributed by atoms with van der Waals surface area (Å²) in [4.78, 5) is 15.1. The molecule has 4 nitrogen and oxygen atoms in total. The van der Waals surface area contributed by atoms with Crippen LogP contribution in [-0.2, 0) is 22.2 Å². The molecule has 1 aliphatic carbocycles. The number of likely N-dealkylation sites (N-methyl/N-ethyl adjacent to an activating group) is 1. The highest BCUT2D eigenvalue weighted by Gasteiger charge is 2.52. The fourth-order valence-electron chi connectivity index (χ4n) is 3.91. The molecule has 4 rings (SSSR count). The summed E-state index contributed by atoms with van der Waals surface area (Å²) in [5, 5.41) is 4.45. The Morgan fingerprint density at radius 3 is 2.31 bits per heavy atom. The number of hydrogen-bond acceptors (Lipinski definition) is 2. The molecule has 1 heterocycles. The summed E-state index contributed by atoms with van der Waals surface area (Å²) in [6.45, 7) is 7.20. The Labute approximate surface area is 173 Å². The highest BCUT2D eigenvalue weighted by molar-refractivity contribution is 5.91. The zero-order valence-corrected chi connectivity index (χ0v) is 17.7. The monoisotopic (exact) mass is 387 g/mol. The van der Waals surface area contributed by atoms with Gasteiger partial charge in [-0.25, -0.2) is 4.68 Å². The molecule has 0 radical (unpaired) electrons. The largest absolute Gasteiger partial charge is 0.341 e. The maximum Gasteiger partial charge on any atom is 0.233 e. The van der Waals surface area contributed by atoms with Gasteiger partial charge in [-0.1, -0.05) is 63.2 Å². The van der Waals surface area contributed by atoms with Crippen LogP contribution in [0.2, 0.25) is 0 Å². The Hall–Kier alpha value is -2.88. The van der Waals surface area contributed by atoms with E-state index >= 15 is 0 Å². The second-order valence-corrected chi connectivity index (χ2v) is 9.20. The van der Waals surface area contributed by atoms with E-state index in [1.807, 2.05) is 59.4 Å². The van der Waals surface area contributed by atoms with Gasteiger partial charge >= 0.3 is 0 Å². The van der Waals surface area contributed by atoms with E-state index < -0.39 is 0 Å². The van der Waals surface area contributed by atoms with Gasteiger partial charge in [-0.05, 0) is 41.5 Å². The van der Waals surface area contributed by atoms with Gasteiger partial charge < -0.3 is 4.90 Å². The van der Waals surface area contributed by atoms with Crippen molar-refractivity contribution in [3.05, 3.63) is 83.7 Å². The number of carbonyl (C=O) groups excluding carboxylic acids is 1. The molecule has 1 aliphatic rings. The maximum absolute atomic E-state index is 13.3. The van der Waals surface area contributed by atoms with Gasteiger partial charge in [0.05, 0.1) is 17.3 Å². The van der Waals surface area contributed by atoms with E-state index in [0.717, 1.165) is 29.7 Å². The van der Waals surface area contributed by atoms with Gasteiger partial charge in [0, 0.05) is 25.4 Å². The lowest BCUT2D eigenvalue weighted by Crippen LogP contribution is -2.36. The SMILES string of the molecule is CN(Cc1cnn(-c2ccccc2)c1)C(=O)C1(c2ccc(C(C)(C)C)cc2)CC1. The summed E-state index contributed by atoms with van der Waals surface area (Å²) >= 11 is 0. The fourth-order valence-corrected chi connectivity index (χ4v) is 3.91. The zero-order chi connectivity index (χ0) is 20.6. The summed E-state index contributed by atoms with van der Waals surface area (Å²) in [6, 6.07) is 18.7. The van der Waals surface area contributed by atoms with Crippen LogP contribution in [0.15, 0.2) is 67.0 Å². The molecule has 0 bridgehead atoms. The Kier molecular flexibility index (Phi) is 4.81. The van der Waals surface area contributed by atoms with Crippen molar-refractivity contribution in [2.24, 2.45) is 0 Å². The van der Waals surface area contributed by atoms with Crippen molar-refractivity contribution >= 4 is 5.91 Å². The van der Waals surface area contributed by atoms with E-state index in [4.69, 9.17) is 0 Å². The van der Waals surface area contributed by atoms with E-state index in [-0.39, 0.29) is 16.7 Å². The van der Waals surface area contributed by atoms with Crippen LogP contribution in [0.5, 0.6) is 0 Å². The first-order chi connectivity index (χ1) is 13.8. The predicted molar refractivity (Wildman–Crippen MR) is 116 cm³/mol. The van der Waals surface area contributed by atoms with Crippen molar-refractivity contribution < 1.29 is 4.79 Å². The third-order valence-corrected chi connectivity index (χ3v) is 5.89. The number of amides is 1. The van der Waals surface area contributed by atoms with E-state index in [1.54, 1.807) is 0 Å². The predicted octanol–water partition coefficient (Wildman–Crippen LogP) is 4.86. The highest BCUT2D eigenvalue weighted by atomic mass is 16.2. The minimum Gasteiger partial charge on any atom is -0.341 e. The van der Waals surface area contributed by atoms with Crippen LogP contribution in [0.3, 0.4) is 0 Å². The molecule has 1 amide bonds. The molecular weight excluding hydrogens is 358 g/mol. The molecule has 1 fully saturated rings. The van der Waals surface area contributed by atoms with Gasteiger partial charge in [-0.2, -0.15) is 5.10 Å². The quantitative estimate of drug-likeness (QED) is 0.627. The van der Waals surface area contributed by atoms with Crippen LogP contribution in [0.1, 0.15) is 50.3 Å². The number of carbonyl (C=O) groups is 1. The van der Waals surface area contributed by atoms with E-state index in [0.29, 0.717) is 6.54 Å². The summed E-state index contributed by atoms with van der Waals surface area (Å²) in [7, 11) is 1.89. The van der Waals surface area contributed by atoms with E-state index in [1.165, 1.54) is 5.56 Å². The van der Waals surface area contributed by atoms with Crippen molar-refractivity contribution in [1.82, 2.24) is 14.7 Å². The number of nitrogens with zero attached hydrogens (tertiary/aromatic N) is 3. The van der Waals surface area contributed by atoms with E-state index in [9.17, 15) is 4.79 Å². The van der Waals surface area contributed by atoms with Gasteiger partial charge in [-0.15, -0.1) is 0 Å². The van der Waals surface area contributed by atoms with Gasteiger partial charge in [0.1, 0.15) is 0 Å². The zero-order valence-electron chi connectivity index (χ0n) is 17.7. The summed E-state index contributed by atoms with van der Waals surface area (Å²) in [5.74, 6) is 0.202. The Bertz CT molecular complexity index is 993. The summed E-state index contributed by atoms with van der Waals surface area (Å²) < 4.78 is 1.85. The van der Waals surface area contributed by atoms with Crippen molar-refractivity contribution in [1.29, 1.82) is 0 Å². The molecular formula is C25H29N3O. The van der Waals surface area contributed by atoms with Crippen molar-refractivity contribution in [2.75, 3.05) is 7.05 Å². The third-order valence-electron chi connectivity index (χ3n) is 5.89. The highest BCUT2D eigenvalue weighted by Crippen LogP contribution is 2.49. The molecule has 0 unspecified atom stereocenters. The molecule has 0 N–H and O–H groups in total. The molecule has 2 aromatic carbocycles. The Morgan fingerprint density at radius 2 is 1.72 bits per heavy atom. The molecule has 0 aliphatic heterocycles. The fraction of sp³-hybridized carbons (Fsp3) is 0.360. The number of hydrogen-bond donors (Lipinski definition) is 0. The van der Waals surface area contributed by atoms with Crippen molar-refractivity contribution in [3.8, 4) is 5.69 Å². The molecule has 3 aromatic rings. The Balaban J connectivity index is 1.47. The standard InChI is InChI=1S/C25H29N3O/c1-24(2,3)20-10-12-21(13-11-20)25(14-15-25)23(29)27(4)17-19-16-26-28(18-19)22-8-6-5-7-9-22/h5-13,16,18H,14-15,17H2,1-4H3. The van der Waals surface area contributed by atoms with Crippen LogP contribution in [0.4, 0.5) is 0 Å². The third kappa shape index (κ3) is 3.84. The molecule has 0 atom stereocenters. The average Bonchev–Trinajstić information content (AvgIpc) is 3.40. The van der Waals surface area contributed by atoms with Crippen LogP contribution in [-0.4, -0.2) is 27.6 Å². The second-order valence-electron chi connectivity index (χ2n) is 9.20. The van der Waals surface area contributed by atoms with E-state index in [2.05, 4.69) is 50.1 Å². The first kappa shape index (κ1) is 19.4. The lowest BCUT2D eigenvalue weighted by molar-refractivity contribution is -0.133. The Morgan fingerprint density at radius 1 is 1.07 bits per heavy atom. The van der Waals surface area contributed by atoms with Crippen molar-refractivity contribution in [3.63, 3.8) is 0 Å². The van der Waals surface area contributed by atoms with Crippen LogP contribution in [0, 0.1) is 0 Å². The molecule has 1 aromatic heterocycles. The average molecular weight is 388 g/mol. The first-order valence-electron chi connectivity index (χ1n) is 10.3. The number of benzene rings is 2. The minimum absolute atomic E-state index is 0.120. The lowest BCUT2D eigenvalue weighted by Gasteiger charge is -2.25. The first-order valence-corrected chi connectivity index (χ1v) is 10.3. The molecule has 0 spiro atoms. The maximum atomic E-state index is 13.3. The minimum atomic E-state index is -0.347. The number of aromatic nitrogens is 2. The smallest absolute Gasteiger partial charge is 0.233 e. The molecule has 29 heavy (non-hydrogen) atoms. The van der Waals surface area contributed by atoms with Crippen LogP contribution >= 0.6 is 0 Å². The number of rotatable bonds is 5. The molecule has 150 valence electrons. The van der Waals surface area contributed by atoms with Gasteiger partial charge in [0.25, 0.3) is 0 Å². The van der Waals surface area contributed by atoms with Gasteiger partial charge in [0.15, 0.2) is 0 Å². The van der Waals surface area contributed by atoms with Crippen LogP contribution in [0.25, 0.3) is 5.69 Å². The van der Waals surface area contributed by atoms with Gasteiger partial charge in [-0.3, -0.25) is 4.79 Å². The molecule has 1 saturated carbocycles. The molecule has 0 saturated heterocycles. The normalized spacial score (nSPS) is 15.2. The van der Waals surface area contributed by atoms with Crippen molar-refractivity contribution in [2.45, 2.75) is 51.0 Å².